The van der Waals surface area contributed by atoms with Gasteiger partial charge in [0.05, 0.1) is 6.04 Å². The fourth-order valence-electron chi connectivity index (χ4n) is 1.48. The quantitative estimate of drug-likeness (QED) is 0.406. The number of nitrogens with one attached hydrogen (secondary N) is 1. The van der Waals surface area contributed by atoms with Gasteiger partial charge in [-0.05, 0) is 27.7 Å². The van der Waals surface area contributed by atoms with Crippen LogP contribution < -0.4 is 4.72 Å². The first-order chi connectivity index (χ1) is 9.65. The molecule has 0 saturated carbocycles. The maximum atomic E-state index is 11.9. The molecule has 0 radical (unpaired) electrons. The number of halogens is 3. The van der Waals surface area contributed by atoms with Crippen LogP contribution in [0.5, 0.6) is 0 Å². The summed E-state index contributed by atoms with van der Waals surface area (Å²) in [5.74, 6) is -0.543. The average Bonchev–Trinajstić information content (AvgIpc) is 2.22. The molecule has 0 heterocycles. The van der Waals surface area contributed by atoms with E-state index in [-0.39, 0.29) is 0 Å². The zero-order chi connectivity index (χ0) is 17.8. The Morgan fingerprint density at radius 1 is 1.23 bits per heavy atom. The number of carbonyl (C=O) groups excluding carboxylic acids is 1. The molecule has 0 spiro atoms. The number of allylic oxidation sites excluding steroid dienone is 1. The summed E-state index contributed by atoms with van der Waals surface area (Å²) in [6, 6.07) is -0.859. The number of rotatable bonds is 7. The van der Waals surface area contributed by atoms with Gasteiger partial charge < -0.3 is 4.74 Å². The maximum Gasteiger partial charge on any atom is 0.336 e. The molecule has 6 nitrogen and oxygen atoms in total. The summed E-state index contributed by atoms with van der Waals surface area (Å²) in [7, 11) is -4.22. The van der Waals surface area contributed by atoms with Crippen molar-refractivity contribution in [3.05, 3.63) is 11.6 Å². The molecular formula is C12H20Cl3NO5S. The highest BCUT2D eigenvalue weighted by Gasteiger charge is 2.35. The van der Waals surface area contributed by atoms with Crippen molar-refractivity contribution < 1.29 is 22.1 Å². The molecule has 1 atom stereocenters. The predicted molar refractivity (Wildman–Crippen MR) is 87.4 cm³/mol. The number of hydrogen-bond acceptors (Lipinski definition) is 5. The van der Waals surface area contributed by atoms with Crippen molar-refractivity contribution in [2.45, 2.75) is 50.1 Å². The minimum absolute atomic E-state index is 0.543. The maximum absolute atomic E-state index is 11.9. The molecular weight excluding hydrogens is 377 g/mol. The third-order valence-corrected chi connectivity index (χ3v) is 3.60. The first-order valence-electron chi connectivity index (χ1n) is 6.23. The normalized spacial score (nSPS) is 14.4. The zero-order valence-corrected chi connectivity index (χ0v) is 16.0. The monoisotopic (exact) mass is 395 g/mol. The molecule has 0 amide bonds. The van der Waals surface area contributed by atoms with E-state index >= 15 is 0 Å². The van der Waals surface area contributed by atoms with Gasteiger partial charge in [0.2, 0.25) is 3.79 Å². The van der Waals surface area contributed by atoms with E-state index in [1.54, 1.807) is 33.8 Å². The first-order valence-corrected chi connectivity index (χ1v) is 8.77. The molecule has 0 aliphatic heterocycles. The summed E-state index contributed by atoms with van der Waals surface area (Å²) in [5.41, 5.74) is -0.325. The number of alkyl halides is 3. The molecule has 22 heavy (non-hydrogen) atoms. The number of esters is 1. The Morgan fingerprint density at radius 3 is 2.09 bits per heavy atom. The van der Waals surface area contributed by atoms with Crippen LogP contribution in [0, 0.1) is 0 Å². The van der Waals surface area contributed by atoms with E-state index in [0.29, 0.717) is 0 Å². The van der Waals surface area contributed by atoms with E-state index in [1.807, 2.05) is 0 Å². The number of carbonyl (C=O) groups is 1. The van der Waals surface area contributed by atoms with Gasteiger partial charge in [-0.2, -0.15) is 13.1 Å². The largest absolute Gasteiger partial charge is 0.458 e. The lowest BCUT2D eigenvalue weighted by molar-refractivity contribution is -0.154. The summed E-state index contributed by atoms with van der Waals surface area (Å²) in [5, 5.41) is 0. The van der Waals surface area contributed by atoms with Crippen LogP contribution in [0.2, 0.25) is 0 Å². The van der Waals surface area contributed by atoms with Gasteiger partial charge in [0, 0.05) is 6.92 Å². The van der Waals surface area contributed by atoms with Crippen molar-refractivity contribution in [3.63, 3.8) is 0 Å². The molecule has 0 bridgehead atoms. The Hall–Kier alpha value is -0.0500. The third-order valence-electron chi connectivity index (χ3n) is 2.30. The van der Waals surface area contributed by atoms with E-state index in [0.717, 1.165) is 5.57 Å². The lowest BCUT2D eigenvalue weighted by Gasteiger charge is -2.32. The first kappa shape index (κ1) is 21.9. The van der Waals surface area contributed by atoms with Gasteiger partial charge in [-0.25, -0.2) is 0 Å². The Kier molecular flexibility index (Phi) is 8.15. The van der Waals surface area contributed by atoms with Gasteiger partial charge in [0.25, 0.3) is 0 Å². The van der Waals surface area contributed by atoms with Crippen LogP contribution in [0.25, 0.3) is 0 Å². The van der Waals surface area contributed by atoms with Crippen molar-refractivity contribution in [1.82, 2.24) is 4.72 Å². The van der Waals surface area contributed by atoms with Crippen molar-refractivity contribution in [1.29, 1.82) is 0 Å². The smallest absolute Gasteiger partial charge is 0.336 e. The molecule has 0 aromatic heterocycles. The summed E-state index contributed by atoms with van der Waals surface area (Å²) in [6.45, 7) is 7.25. The fraction of sp³-hybridized carbons (Fsp3) is 0.750. The molecule has 0 rings (SSSR count). The number of hydrogen-bond donors (Lipinski definition) is 1. The van der Waals surface area contributed by atoms with Crippen LogP contribution in [-0.2, 0) is 24.0 Å². The summed E-state index contributed by atoms with van der Waals surface area (Å²) >= 11 is 16.4. The third kappa shape index (κ3) is 9.86. The van der Waals surface area contributed by atoms with Crippen LogP contribution in [0.4, 0.5) is 0 Å². The van der Waals surface area contributed by atoms with Crippen LogP contribution in [0.3, 0.4) is 0 Å². The molecule has 0 unspecified atom stereocenters. The SMILES string of the molecule is CC(=O)OC(C)(C)[C@H](C=C(C)C)NS(=O)(=O)OCC(Cl)(Cl)Cl. The Morgan fingerprint density at radius 2 is 1.73 bits per heavy atom. The fourth-order valence-corrected chi connectivity index (χ4v) is 2.90. The topological polar surface area (TPSA) is 81.7 Å². The molecule has 1 N–H and O–H groups in total. The zero-order valence-electron chi connectivity index (χ0n) is 12.9. The number of ether oxygens (including phenoxy) is 1. The van der Waals surface area contributed by atoms with Gasteiger partial charge in [-0.15, -0.1) is 0 Å². The van der Waals surface area contributed by atoms with Gasteiger partial charge in [-0.3, -0.25) is 8.98 Å². The van der Waals surface area contributed by atoms with Gasteiger partial charge in [0.15, 0.2) is 0 Å². The molecule has 0 aliphatic rings. The molecule has 0 saturated heterocycles. The molecule has 0 aromatic carbocycles. The van der Waals surface area contributed by atoms with Crippen LogP contribution in [0.1, 0.15) is 34.6 Å². The van der Waals surface area contributed by atoms with Crippen LogP contribution >= 0.6 is 34.8 Å². The highest BCUT2D eigenvalue weighted by molar-refractivity contribution is 7.84. The lowest BCUT2D eigenvalue weighted by atomic mass is 9.97. The van der Waals surface area contributed by atoms with Crippen molar-refractivity contribution >= 4 is 51.1 Å². The van der Waals surface area contributed by atoms with Crippen LogP contribution in [-0.4, -0.2) is 36.4 Å². The average molecular weight is 397 g/mol. The van der Waals surface area contributed by atoms with Gasteiger partial charge >= 0.3 is 16.3 Å². The molecule has 130 valence electrons. The lowest BCUT2D eigenvalue weighted by Crippen LogP contribution is -2.51. The van der Waals surface area contributed by atoms with Crippen molar-refractivity contribution in [2.75, 3.05) is 6.61 Å². The van der Waals surface area contributed by atoms with Gasteiger partial charge in [0.1, 0.15) is 12.2 Å². The Balaban J connectivity index is 5.23. The van der Waals surface area contributed by atoms with Crippen molar-refractivity contribution in [3.8, 4) is 0 Å². The molecule has 0 aliphatic carbocycles. The van der Waals surface area contributed by atoms with E-state index < -0.39 is 38.3 Å². The Bertz CT molecular complexity index is 521. The molecule has 0 aromatic rings. The second-order valence-electron chi connectivity index (χ2n) is 5.37. The second kappa shape index (κ2) is 8.17. The Labute approximate surface area is 146 Å². The summed E-state index contributed by atoms with van der Waals surface area (Å²) in [6.07, 6.45) is 1.60. The van der Waals surface area contributed by atoms with E-state index in [2.05, 4.69) is 8.91 Å². The van der Waals surface area contributed by atoms with Crippen LogP contribution in [0.15, 0.2) is 11.6 Å². The summed E-state index contributed by atoms with van der Waals surface area (Å²) < 4.78 is 34.0. The van der Waals surface area contributed by atoms with E-state index in [1.165, 1.54) is 6.92 Å². The standard InChI is InChI=1S/C12H20Cl3NO5S/c1-8(2)6-10(11(4,5)21-9(3)17)16-22(18,19)20-7-12(13,14)15/h6,10,16H,7H2,1-5H3/t10-/m0/s1. The van der Waals surface area contributed by atoms with Crippen molar-refractivity contribution in [2.24, 2.45) is 0 Å². The highest BCUT2D eigenvalue weighted by Crippen LogP contribution is 2.27. The highest BCUT2D eigenvalue weighted by atomic mass is 35.6. The summed E-state index contributed by atoms with van der Waals surface area (Å²) in [4.78, 5) is 11.2. The molecule has 10 heteroatoms. The van der Waals surface area contributed by atoms with Gasteiger partial charge in [-0.1, -0.05) is 46.5 Å². The predicted octanol–water partition coefficient (Wildman–Crippen LogP) is 2.88. The minimum Gasteiger partial charge on any atom is -0.458 e. The van der Waals surface area contributed by atoms with E-state index in [9.17, 15) is 13.2 Å². The second-order valence-corrected chi connectivity index (χ2v) is 9.26. The minimum atomic E-state index is -4.22. The molecule has 0 fully saturated rings. The van der Waals surface area contributed by atoms with E-state index in [4.69, 9.17) is 39.5 Å².